The van der Waals surface area contributed by atoms with E-state index in [0.29, 0.717) is 0 Å². The van der Waals surface area contributed by atoms with Gasteiger partial charge in [0.2, 0.25) is 0 Å². The van der Waals surface area contributed by atoms with Crippen LogP contribution in [0.5, 0.6) is 0 Å². The fraction of sp³-hybridized carbons (Fsp3) is 0. The molecule has 0 aliphatic rings. The van der Waals surface area contributed by atoms with Crippen molar-refractivity contribution in [3.8, 4) is 33.4 Å². The molecule has 59 heavy (non-hydrogen) atoms. The molecule has 0 radical (unpaired) electrons. The summed E-state index contributed by atoms with van der Waals surface area (Å²) in [5, 5.41) is 15.6. The second-order valence-corrected chi connectivity index (χ2v) is 15.6. The monoisotopic (exact) mass is 747 g/mol. The molecule has 0 fully saturated rings. The van der Waals surface area contributed by atoms with Gasteiger partial charge in [-0.2, -0.15) is 0 Å². The van der Waals surface area contributed by atoms with Crippen LogP contribution in [0.15, 0.2) is 224 Å². The average Bonchev–Trinajstić information content (AvgIpc) is 3.31. The Morgan fingerprint density at radius 1 is 0.220 bits per heavy atom. The van der Waals surface area contributed by atoms with Crippen LogP contribution >= 0.6 is 0 Å². The third-order valence-electron chi connectivity index (χ3n) is 12.4. The Hall–Kier alpha value is -7.74. The van der Waals surface area contributed by atoms with Crippen LogP contribution in [0.25, 0.3) is 98.0 Å². The van der Waals surface area contributed by atoms with Crippen molar-refractivity contribution in [1.82, 2.24) is 0 Å². The van der Waals surface area contributed by atoms with Crippen molar-refractivity contribution < 1.29 is 0 Å². The van der Waals surface area contributed by atoms with E-state index in [0.717, 1.165) is 17.1 Å². The molecule has 12 aromatic rings. The van der Waals surface area contributed by atoms with Crippen LogP contribution in [0, 0.1) is 0 Å². The molecular weight excluding hydrogens is 711 g/mol. The van der Waals surface area contributed by atoms with Gasteiger partial charge in [0, 0.05) is 17.1 Å². The minimum atomic E-state index is 1.12. The third-order valence-corrected chi connectivity index (χ3v) is 12.4. The van der Waals surface area contributed by atoms with Gasteiger partial charge in [-0.1, -0.05) is 182 Å². The van der Waals surface area contributed by atoms with E-state index in [2.05, 4.69) is 229 Å². The molecule has 1 nitrogen and oxygen atoms in total. The molecule has 0 atom stereocenters. The molecule has 0 saturated heterocycles. The number of hydrogen-bond donors (Lipinski definition) is 0. The molecular formula is C58H37N. The second kappa shape index (κ2) is 13.4. The van der Waals surface area contributed by atoms with Gasteiger partial charge >= 0.3 is 0 Å². The molecule has 0 saturated carbocycles. The predicted octanol–water partition coefficient (Wildman–Crippen LogP) is 16.5. The van der Waals surface area contributed by atoms with Crippen molar-refractivity contribution in [1.29, 1.82) is 0 Å². The molecule has 0 spiro atoms. The lowest BCUT2D eigenvalue weighted by atomic mass is 9.85. The topological polar surface area (TPSA) is 3.24 Å². The van der Waals surface area contributed by atoms with Gasteiger partial charge in [0.05, 0.1) is 0 Å². The number of fused-ring (bicyclic) bond motifs is 2. The van der Waals surface area contributed by atoms with Crippen molar-refractivity contribution in [2.75, 3.05) is 4.90 Å². The zero-order chi connectivity index (χ0) is 38.9. The van der Waals surface area contributed by atoms with Crippen molar-refractivity contribution in [3.63, 3.8) is 0 Å². The van der Waals surface area contributed by atoms with Crippen molar-refractivity contribution in [2.24, 2.45) is 0 Å². The van der Waals surface area contributed by atoms with Crippen molar-refractivity contribution in [3.05, 3.63) is 224 Å². The largest absolute Gasteiger partial charge is 0.311 e. The van der Waals surface area contributed by atoms with E-state index in [4.69, 9.17) is 0 Å². The number of rotatable bonds is 6. The molecule has 0 heterocycles. The van der Waals surface area contributed by atoms with Crippen molar-refractivity contribution >= 4 is 81.7 Å². The van der Waals surface area contributed by atoms with Crippen LogP contribution in [0.3, 0.4) is 0 Å². The highest BCUT2D eigenvalue weighted by Gasteiger charge is 2.18. The SMILES string of the molecule is c1ccc(-c2ccc(N(c3ccccc3)c3ccc(-c4ccc(-c5cc6cccc7c8cccc9ccc%10cccc(c%11cccc5c%11c67)c%10c98)cc4)cc3)cc2)cc1. The molecule has 274 valence electrons. The Labute approximate surface area is 343 Å². The molecule has 0 N–H and O–H groups in total. The van der Waals surface area contributed by atoms with Crippen LogP contribution in [-0.4, -0.2) is 0 Å². The van der Waals surface area contributed by atoms with Gasteiger partial charge in [-0.05, 0) is 140 Å². The van der Waals surface area contributed by atoms with E-state index in [1.807, 2.05) is 0 Å². The van der Waals surface area contributed by atoms with Crippen LogP contribution in [-0.2, 0) is 0 Å². The number of hydrogen-bond acceptors (Lipinski definition) is 1. The number of benzene rings is 11. The van der Waals surface area contributed by atoms with Crippen LogP contribution in [0.4, 0.5) is 17.1 Å². The van der Waals surface area contributed by atoms with Gasteiger partial charge in [0.1, 0.15) is 0 Å². The van der Waals surface area contributed by atoms with Gasteiger partial charge < -0.3 is 4.90 Å². The first-order valence-electron chi connectivity index (χ1n) is 20.4. The van der Waals surface area contributed by atoms with Gasteiger partial charge in [0.15, 0.2) is 0 Å². The fourth-order valence-corrected chi connectivity index (χ4v) is 9.64. The van der Waals surface area contributed by atoms with E-state index in [9.17, 15) is 0 Å². The maximum absolute atomic E-state index is 2.41. The lowest BCUT2D eigenvalue weighted by Crippen LogP contribution is -2.09. The second-order valence-electron chi connectivity index (χ2n) is 15.6. The summed E-state index contributed by atoms with van der Waals surface area (Å²) < 4.78 is 0. The summed E-state index contributed by atoms with van der Waals surface area (Å²) >= 11 is 0. The van der Waals surface area contributed by atoms with Crippen molar-refractivity contribution in [2.45, 2.75) is 0 Å². The average molecular weight is 748 g/mol. The molecule has 0 amide bonds. The minimum absolute atomic E-state index is 1.12. The van der Waals surface area contributed by atoms with E-state index in [-0.39, 0.29) is 0 Å². The zero-order valence-corrected chi connectivity index (χ0v) is 32.3. The fourth-order valence-electron chi connectivity index (χ4n) is 9.64. The van der Waals surface area contributed by atoms with E-state index >= 15 is 0 Å². The van der Waals surface area contributed by atoms with E-state index in [1.54, 1.807) is 0 Å². The Kier molecular flexibility index (Phi) is 7.61. The Bertz CT molecular complexity index is 3500. The summed E-state index contributed by atoms with van der Waals surface area (Å²) in [6.45, 7) is 0. The van der Waals surface area contributed by atoms with Gasteiger partial charge in [-0.3, -0.25) is 0 Å². The summed E-state index contributed by atoms with van der Waals surface area (Å²) in [7, 11) is 0. The lowest BCUT2D eigenvalue weighted by Gasteiger charge is -2.26. The molecule has 1 heteroatoms. The highest BCUT2D eigenvalue weighted by atomic mass is 15.1. The first-order valence-corrected chi connectivity index (χ1v) is 20.4. The molecule has 12 aromatic carbocycles. The molecule has 0 aromatic heterocycles. The maximum atomic E-state index is 2.41. The van der Waals surface area contributed by atoms with E-state index in [1.165, 1.54) is 98.0 Å². The number of anilines is 3. The van der Waals surface area contributed by atoms with Gasteiger partial charge in [-0.15, -0.1) is 0 Å². The number of nitrogens with zero attached hydrogens (tertiary/aromatic N) is 1. The molecule has 0 aliphatic heterocycles. The van der Waals surface area contributed by atoms with Crippen LogP contribution < -0.4 is 4.90 Å². The number of para-hydroxylation sites is 1. The van der Waals surface area contributed by atoms with Gasteiger partial charge in [-0.25, -0.2) is 0 Å². The highest BCUT2D eigenvalue weighted by molar-refractivity contribution is 6.37. The standard InChI is InChI=1S/C58H37N/c1-3-11-38(12-4-1)40-29-33-47(34-30-40)59(46-16-5-2-6-17-46)48-35-31-41(32-36-48)39-23-25-42(26-24-39)54-37-45-15-9-20-50-49-18-7-13-43-27-28-44-14-8-19-51(56(44)55(43)49)52-21-10-22-53(54)58(52)57(45)50/h1-37H. The summed E-state index contributed by atoms with van der Waals surface area (Å²) in [6, 6.07) is 82.4. The van der Waals surface area contributed by atoms with Crippen LogP contribution in [0.2, 0.25) is 0 Å². The quantitative estimate of drug-likeness (QED) is 0.153. The van der Waals surface area contributed by atoms with Crippen LogP contribution in [0.1, 0.15) is 0 Å². The first-order chi connectivity index (χ1) is 29.3. The highest BCUT2D eigenvalue weighted by Crippen LogP contribution is 2.46. The Balaban J connectivity index is 0.956. The summed E-state index contributed by atoms with van der Waals surface area (Å²) in [4.78, 5) is 2.32. The summed E-state index contributed by atoms with van der Waals surface area (Å²) in [6.07, 6.45) is 0. The summed E-state index contributed by atoms with van der Waals surface area (Å²) in [5.74, 6) is 0. The molecule has 12 rings (SSSR count). The predicted molar refractivity (Wildman–Crippen MR) is 254 cm³/mol. The smallest absolute Gasteiger partial charge is 0.0462 e. The first kappa shape index (κ1) is 33.4. The summed E-state index contributed by atoms with van der Waals surface area (Å²) in [5.41, 5.74) is 10.6. The Morgan fingerprint density at radius 2 is 0.593 bits per heavy atom. The molecule has 0 unspecified atom stereocenters. The lowest BCUT2D eigenvalue weighted by molar-refractivity contribution is 1.28. The van der Waals surface area contributed by atoms with Gasteiger partial charge in [0.25, 0.3) is 0 Å². The molecule has 0 aliphatic carbocycles. The molecule has 0 bridgehead atoms. The zero-order valence-electron chi connectivity index (χ0n) is 32.3. The Morgan fingerprint density at radius 3 is 1.14 bits per heavy atom. The minimum Gasteiger partial charge on any atom is -0.311 e. The van der Waals surface area contributed by atoms with E-state index < -0.39 is 0 Å². The normalized spacial score (nSPS) is 11.7. The maximum Gasteiger partial charge on any atom is 0.0462 e. The third kappa shape index (κ3) is 5.40.